The summed E-state index contributed by atoms with van der Waals surface area (Å²) < 4.78 is 12.1. The lowest BCUT2D eigenvalue weighted by molar-refractivity contribution is -0.122. The molecule has 1 aliphatic rings. The summed E-state index contributed by atoms with van der Waals surface area (Å²) in [6.07, 6.45) is 3.07. The summed E-state index contributed by atoms with van der Waals surface area (Å²) in [6.45, 7) is 2.33. The zero-order chi connectivity index (χ0) is 17.5. The van der Waals surface area contributed by atoms with E-state index in [4.69, 9.17) is 9.47 Å². The van der Waals surface area contributed by atoms with E-state index in [1.165, 1.54) is 0 Å². The fourth-order valence-corrected chi connectivity index (χ4v) is 2.71. The highest BCUT2D eigenvalue weighted by Crippen LogP contribution is 2.11. The first-order chi connectivity index (χ1) is 12.2. The van der Waals surface area contributed by atoms with Gasteiger partial charge in [-0.2, -0.15) is 0 Å². The largest absolute Gasteiger partial charge is 0.379 e. The van der Waals surface area contributed by atoms with Gasteiger partial charge in [0, 0.05) is 19.8 Å². The number of rotatable bonds is 8. The Bertz CT molecular complexity index is 771. The quantitative estimate of drug-likeness (QED) is 0.699. The molecule has 1 N–H and O–H groups in total. The van der Waals surface area contributed by atoms with E-state index in [1.807, 2.05) is 0 Å². The molecule has 1 saturated heterocycles. The van der Waals surface area contributed by atoms with E-state index in [0.29, 0.717) is 37.1 Å². The molecular weight excluding hydrogens is 324 g/mol. The second-order valence-electron chi connectivity index (χ2n) is 5.98. The van der Waals surface area contributed by atoms with Crippen molar-refractivity contribution in [2.24, 2.45) is 0 Å². The Hall–Kier alpha value is -2.32. The zero-order valence-electron chi connectivity index (χ0n) is 14.0. The van der Waals surface area contributed by atoms with Crippen LogP contribution in [0.5, 0.6) is 0 Å². The minimum Gasteiger partial charge on any atom is -0.379 e. The number of hydrogen-bond donors (Lipinski definition) is 1. The molecule has 134 valence electrons. The van der Waals surface area contributed by atoms with Crippen molar-refractivity contribution in [1.29, 1.82) is 0 Å². The van der Waals surface area contributed by atoms with Crippen LogP contribution in [-0.2, 0) is 20.8 Å². The number of benzene rings is 1. The number of carbonyl (C=O) groups excluding carboxylic acids is 1. The van der Waals surface area contributed by atoms with E-state index in [9.17, 15) is 9.59 Å². The molecule has 0 bridgehead atoms. The molecule has 1 atom stereocenters. The molecule has 1 aromatic heterocycles. The number of nitrogens with one attached hydrogen (secondary N) is 1. The minimum atomic E-state index is -0.319. The molecule has 25 heavy (non-hydrogen) atoms. The predicted molar refractivity (Wildman–Crippen MR) is 91.2 cm³/mol. The van der Waals surface area contributed by atoms with E-state index in [2.05, 4.69) is 15.6 Å². The second-order valence-corrected chi connectivity index (χ2v) is 5.98. The molecule has 8 heteroatoms. The fraction of sp³-hybridized carbons (Fsp3) is 0.529. The van der Waals surface area contributed by atoms with Gasteiger partial charge in [0.2, 0.25) is 5.91 Å². The fourth-order valence-electron chi connectivity index (χ4n) is 2.71. The predicted octanol–water partition coefficient (Wildman–Crippen LogP) is 0.493. The third-order valence-electron chi connectivity index (χ3n) is 4.04. The summed E-state index contributed by atoms with van der Waals surface area (Å²) in [4.78, 5) is 24.2. The van der Waals surface area contributed by atoms with Gasteiger partial charge in [0.25, 0.3) is 5.56 Å². The first-order valence-corrected chi connectivity index (χ1v) is 8.52. The van der Waals surface area contributed by atoms with Crippen LogP contribution < -0.4 is 10.9 Å². The molecule has 0 radical (unpaired) electrons. The van der Waals surface area contributed by atoms with Gasteiger partial charge < -0.3 is 14.8 Å². The first-order valence-electron chi connectivity index (χ1n) is 8.52. The van der Waals surface area contributed by atoms with Crippen molar-refractivity contribution in [3.05, 3.63) is 34.6 Å². The van der Waals surface area contributed by atoms with Crippen molar-refractivity contribution < 1.29 is 14.3 Å². The van der Waals surface area contributed by atoms with Gasteiger partial charge in [-0.25, -0.2) is 4.68 Å². The van der Waals surface area contributed by atoms with E-state index in [0.717, 1.165) is 24.1 Å². The maximum atomic E-state index is 12.3. The molecule has 0 unspecified atom stereocenters. The van der Waals surface area contributed by atoms with Gasteiger partial charge in [0.15, 0.2) is 0 Å². The maximum absolute atomic E-state index is 12.3. The Balaban J connectivity index is 1.39. The highest BCUT2D eigenvalue weighted by atomic mass is 16.5. The van der Waals surface area contributed by atoms with Crippen LogP contribution in [0.15, 0.2) is 29.1 Å². The third-order valence-corrected chi connectivity index (χ3v) is 4.04. The van der Waals surface area contributed by atoms with Crippen LogP contribution in [0.2, 0.25) is 0 Å². The Labute approximate surface area is 145 Å². The Morgan fingerprint density at radius 1 is 1.40 bits per heavy atom. The van der Waals surface area contributed by atoms with Crippen molar-refractivity contribution in [1.82, 2.24) is 20.3 Å². The molecular formula is C17H22N4O4. The van der Waals surface area contributed by atoms with Crippen molar-refractivity contribution in [3.63, 3.8) is 0 Å². The average molecular weight is 346 g/mol. The zero-order valence-corrected chi connectivity index (χ0v) is 14.0. The average Bonchev–Trinajstić information content (AvgIpc) is 3.14. The van der Waals surface area contributed by atoms with Gasteiger partial charge in [0.05, 0.1) is 18.1 Å². The summed E-state index contributed by atoms with van der Waals surface area (Å²) in [5.74, 6) is -0.272. The molecule has 1 amide bonds. The molecule has 0 saturated carbocycles. The van der Waals surface area contributed by atoms with Gasteiger partial charge in [-0.15, -0.1) is 5.10 Å². The van der Waals surface area contributed by atoms with Crippen molar-refractivity contribution in [2.45, 2.75) is 31.9 Å². The van der Waals surface area contributed by atoms with E-state index >= 15 is 0 Å². The SMILES string of the molecule is O=C(Cn1nnc2ccccc2c1=O)NCCCOC[C@@H]1CCCO1. The summed E-state index contributed by atoms with van der Waals surface area (Å²) in [6, 6.07) is 6.93. The Morgan fingerprint density at radius 2 is 2.28 bits per heavy atom. The monoisotopic (exact) mass is 346 g/mol. The number of aromatic nitrogens is 3. The van der Waals surface area contributed by atoms with E-state index < -0.39 is 0 Å². The first kappa shape index (κ1) is 17.5. The van der Waals surface area contributed by atoms with Crippen LogP contribution in [0.4, 0.5) is 0 Å². The van der Waals surface area contributed by atoms with Crippen LogP contribution in [0.25, 0.3) is 10.9 Å². The van der Waals surface area contributed by atoms with Crippen LogP contribution in [0.1, 0.15) is 19.3 Å². The highest BCUT2D eigenvalue weighted by Gasteiger charge is 2.15. The van der Waals surface area contributed by atoms with E-state index in [1.54, 1.807) is 24.3 Å². The standard InChI is InChI=1S/C17H22N4O4/c22-16(18-8-4-9-24-12-13-5-3-10-25-13)11-21-17(23)14-6-1-2-7-15(14)19-20-21/h1-2,6-7,13H,3-5,8-12H2,(H,18,22)/t13-/m0/s1. The Morgan fingerprint density at radius 3 is 3.12 bits per heavy atom. The normalized spacial score (nSPS) is 17.0. The summed E-state index contributed by atoms with van der Waals surface area (Å²) in [5.41, 5.74) is 0.202. The van der Waals surface area contributed by atoms with Gasteiger partial charge in [-0.05, 0) is 31.4 Å². The number of nitrogens with zero attached hydrogens (tertiary/aromatic N) is 3. The highest BCUT2D eigenvalue weighted by molar-refractivity contribution is 5.78. The number of ether oxygens (including phenoxy) is 2. The molecule has 1 fully saturated rings. The molecule has 0 aliphatic carbocycles. The molecule has 3 rings (SSSR count). The number of fused-ring (bicyclic) bond motifs is 1. The maximum Gasteiger partial charge on any atom is 0.278 e. The number of amides is 1. The molecule has 1 aliphatic heterocycles. The summed E-state index contributed by atoms with van der Waals surface area (Å²) in [7, 11) is 0. The lowest BCUT2D eigenvalue weighted by Gasteiger charge is -2.10. The molecule has 0 spiro atoms. The number of hydrogen-bond acceptors (Lipinski definition) is 6. The third kappa shape index (κ3) is 4.83. The van der Waals surface area contributed by atoms with Gasteiger partial charge in [-0.1, -0.05) is 17.3 Å². The van der Waals surface area contributed by atoms with Crippen LogP contribution in [-0.4, -0.2) is 53.4 Å². The van der Waals surface area contributed by atoms with Crippen LogP contribution in [0, 0.1) is 0 Å². The van der Waals surface area contributed by atoms with Gasteiger partial charge >= 0.3 is 0 Å². The van der Waals surface area contributed by atoms with Gasteiger partial charge in [-0.3, -0.25) is 9.59 Å². The lowest BCUT2D eigenvalue weighted by atomic mass is 10.2. The van der Waals surface area contributed by atoms with Crippen LogP contribution >= 0.6 is 0 Å². The summed E-state index contributed by atoms with van der Waals surface area (Å²) >= 11 is 0. The lowest BCUT2D eigenvalue weighted by Crippen LogP contribution is -2.35. The Kier molecular flexibility index (Phi) is 6.08. The van der Waals surface area contributed by atoms with Crippen molar-refractivity contribution >= 4 is 16.8 Å². The molecule has 8 nitrogen and oxygen atoms in total. The molecule has 2 aromatic rings. The van der Waals surface area contributed by atoms with Crippen molar-refractivity contribution in [3.8, 4) is 0 Å². The van der Waals surface area contributed by atoms with Crippen LogP contribution in [0.3, 0.4) is 0 Å². The van der Waals surface area contributed by atoms with Crippen molar-refractivity contribution in [2.75, 3.05) is 26.4 Å². The minimum absolute atomic E-state index is 0.145. The van der Waals surface area contributed by atoms with Gasteiger partial charge in [0.1, 0.15) is 12.1 Å². The van der Waals surface area contributed by atoms with E-state index in [-0.39, 0.29) is 24.1 Å². The summed E-state index contributed by atoms with van der Waals surface area (Å²) in [5, 5.41) is 11.0. The second kappa shape index (κ2) is 8.68. The smallest absolute Gasteiger partial charge is 0.278 e. The topological polar surface area (TPSA) is 95.3 Å². The number of carbonyl (C=O) groups is 1. The molecule has 1 aromatic carbocycles. The molecule has 2 heterocycles.